The highest BCUT2D eigenvalue weighted by molar-refractivity contribution is 5.80. The molecule has 0 spiro atoms. The minimum absolute atomic E-state index is 0.136. The normalized spacial score (nSPS) is 23.1. The largest absolute Gasteiger partial charge is 0.356 e. The van der Waals surface area contributed by atoms with Crippen molar-refractivity contribution in [2.45, 2.75) is 32.6 Å². The molecule has 0 aliphatic carbocycles. The highest BCUT2D eigenvalue weighted by Gasteiger charge is 2.30. The molecule has 1 aromatic heterocycles. The number of anilines is 1. The van der Waals surface area contributed by atoms with Crippen LogP contribution in [-0.2, 0) is 4.79 Å². The van der Waals surface area contributed by atoms with E-state index in [2.05, 4.69) is 14.9 Å². The number of aromatic nitrogens is 2. The van der Waals surface area contributed by atoms with Crippen molar-refractivity contribution >= 4 is 11.7 Å². The maximum atomic E-state index is 12.5. The maximum Gasteiger partial charge on any atom is 0.227 e. The third-order valence-electron chi connectivity index (χ3n) is 4.27. The smallest absolute Gasteiger partial charge is 0.227 e. The first-order chi connectivity index (χ1) is 9.74. The molecule has 2 fully saturated rings. The summed E-state index contributed by atoms with van der Waals surface area (Å²) in [7, 11) is 0. The Kier molecular flexibility index (Phi) is 3.85. The first kappa shape index (κ1) is 13.3. The minimum atomic E-state index is 0.136. The number of amides is 1. The van der Waals surface area contributed by atoms with Crippen LogP contribution in [0.25, 0.3) is 0 Å². The van der Waals surface area contributed by atoms with Gasteiger partial charge < -0.3 is 9.80 Å². The van der Waals surface area contributed by atoms with Crippen LogP contribution in [0, 0.1) is 12.8 Å². The fourth-order valence-corrected chi connectivity index (χ4v) is 3.20. The molecule has 0 bridgehead atoms. The lowest BCUT2D eigenvalue weighted by Gasteiger charge is -2.34. The van der Waals surface area contributed by atoms with E-state index >= 15 is 0 Å². The summed E-state index contributed by atoms with van der Waals surface area (Å²) >= 11 is 0. The zero-order valence-corrected chi connectivity index (χ0v) is 12.1. The average Bonchev–Trinajstić information content (AvgIpc) is 3.01. The van der Waals surface area contributed by atoms with Gasteiger partial charge >= 0.3 is 0 Å². The predicted octanol–water partition coefficient (Wildman–Crippen LogP) is 1.62. The number of nitrogens with zero attached hydrogens (tertiary/aromatic N) is 4. The summed E-state index contributed by atoms with van der Waals surface area (Å²) in [6.45, 7) is 5.58. The van der Waals surface area contributed by atoms with Crippen molar-refractivity contribution in [2.75, 3.05) is 31.1 Å². The van der Waals surface area contributed by atoms with Crippen molar-refractivity contribution in [1.82, 2.24) is 14.9 Å². The third kappa shape index (κ3) is 2.76. The number of hydrogen-bond acceptors (Lipinski definition) is 4. The molecule has 2 saturated heterocycles. The summed E-state index contributed by atoms with van der Waals surface area (Å²) in [5.41, 5.74) is 0. The number of carbonyl (C=O) groups is 1. The quantitative estimate of drug-likeness (QED) is 0.822. The van der Waals surface area contributed by atoms with Crippen molar-refractivity contribution in [1.29, 1.82) is 0 Å². The van der Waals surface area contributed by atoms with Crippen LogP contribution in [0.4, 0.5) is 5.82 Å². The van der Waals surface area contributed by atoms with Gasteiger partial charge in [0.25, 0.3) is 0 Å². The summed E-state index contributed by atoms with van der Waals surface area (Å²) < 4.78 is 0. The molecule has 0 N–H and O–H groups in total. The molecule has 1 aromatic rings. The fourth-order valence-electron chi connectivity index (χ4n) is 3.20. The second-order valence-electron chi connectivity index (χ2n) is 5.78. The highest BCUT2D eigenvalue weighted by Crippen LogP contribution is 2.24. The van der Waals surface area contributed by atoms with Gasteiger partial charge in [-0.15, -0.1) is 0 Å². The van der Waals surface area contributed by atoms with E-state index in [0.717, 1.165) is 63.5 Å². The number of rotatable bonds is 2. The van der Waals surface area contributed by atoms with E-state index < -0.39 is 0 Å². The molecule has 2 aliphatic heterocycles. The van der Waals surface area contributed by atoms with Gasteiger partial charge in [0.15, 0.2) is 0 Å². The van der Waals surface area contributed by atoms with Gasteiger partial charge in [-0.3, -0.25) is 4.79 Å². The molecule has 0 saturated carbocycles. The van der Waals surface area contributed by atoms with Crippen LogP contribution in [0.1, 0.15) is 31.5 Å². The van der Waals surface area contributed by atoms with Crippen molar-refractivity contribution in [2.24, 2.45) is 5.92 Å². The third-order valence-corrected chi connectivity index (χ3v) is 4.27. The Morgan fingerprint density at radius 2 is 2.05 bits per heavy atom. The van der Waals surface area contributed by atoms with Crippen molar-refractivity contribution in [3.8, 4) is 0 Å². The molecule has 108 valence electrons. The van der Waals surface area contributed by atoms with E-state index in [4.69, 9.17) is 0 Å². The number of likely N-dealkylation sites (tertiary alicyclic amines) is 1. The lowest BCUT2D eigenvalue weighted by molar-refractivity contribution is -0.134. The number of hydrogen-bond donors (Lipinski definition) is 0. The summed E-state index contributed by atoms with van der Waals surface area (Å²) in [5, 5.41) is 0. The fraction of sp³-hybridized carbons (Fsp3) is 0.667. The summed E-state index contributed by atoms with van der Waals surface area (Å²) in [4.78, 5) is 25.4. The molecule has 3 rings (SSSR count). The molecule has 0 aromatic carbocycles. The zero-order chi connectivity index (χ0) is 13.9. The standard InChI is InChI=1S/C15H22N4O/c1-12-16-7-6-14(17-12)19-10-4-5-13(11-19)15(20)18-8-2-3-9-18/h6-7,13H,2-5,8-11H2,1H3/t13-/m0/s1. The van der Waals surface area contributed by atoms with Gasteiger partial charge in [-0.2, -0.15) is 0 Å². The van der Waals surface area contributed by atoms with E-state index in [1.807, 2.05) is 17.9 Å². The van der Waals surface area contributed by atoms with Crippen LogP contribution in [0.2, 0.25) is 0 Å². The van der Waals surface area contributed by atoms with Gasteiger partial charge in [0.05, 0.1) is 5.92 Å². The second-order valence-corrected chi connectivity index (χ2v) is 5.78. The molecule has 5 nitrogen and oxygen atoms in total. The van der Waals surface area contributed by atoms with Crippen LogP contribution in [0.3, 0.4) is 0 Å². The number of carbonyl (C=O) groups excluding carboxylic acids is 1. The molecule has 1 atom stereocenters. The highest BCUT2D eigenvalue weighted by atomic mass is 16.2. The van der Waals surface area contributed by atoms with Gasteiger partial charge in [0, 0.05) is 32.4 Å². The molecule has 3 heterocycles. The Balaban J connectivity index is 1.68. The Bertz CT molecular complexity index is 485. The SMILES string of the molecule is Cc1nccc(N2CCC[C@H](C(=O)N3CCCC3)C2)n1. The predicted molar refractivity (Wildman–Crippen MR) is 77.5 cm³/mol. The van der Waals surface area contributed by atoms with Gasteiger partial charge in [0.2, 0.25) is 5.91 Å². The van der Waals surface area contributed by atoms with E-state index in [-0.39, 0.29) is 5.92 Å². The summed E-state index contributed by atoms with van der Waals surface area (Å²) in [6.07, 6.45) is 6.19. The van der Waals surface area contributed by atoms with Gasteiger partial charge in [-0.1, -0.05) is 0 Å². The monoisotopic (exact) mass is 274 g/mol. The molecule has 5 heteroatoms. The van der Waals surface area contributed by atoms with Gasteiger partial charge in [-0.05, 0) is 38.7 Å². The number of aryl methyl sites for hydroxylation is 1. The van der Waals surface area contributed by atoms with Crippen LogP contribution in [0.15, 0.2) is 12.3 Å². The van der Waals surface area contributed by atoms with Gasteiger partial charge in [0.1, 0.15) is 11.6 Å². The first-order valence-electron chi connectivity index (χ1n) is 7.57. The average molecular weight is 274 g/mol. The first-order valence-corrected chi connectivity index (χ1v) is 7.57. The molecule has 0 radical (unpaired) electrons. The molecule has 0 unspecified atom stereocenters. The van der Waals surface area contributed by atoms with Crippen LogP contribution in [0.5, 0.6) is 0 Å². The second kappa shape index (κ2) is 5.77. The van der Waals surface area contributed by atoms with Crippen LogP contribution < -0.4 is 4.90 Å². The Hall–Kier alpha value is -1.65. The van der Waals surface area contributed by atoms with E-state index in [1.165, 1.54) is 0 Å². The number of piperidine rings is 1. The Morgan fingerprint density at radius 1 is 1.25 bits per heavy atom. The zero-order valence-electron chi connectivity index (χ0n) is 12.1. The Morgan fingerprint density at radius 3 is 2.80 bits per heavy atom. The lowest BCUT2D eigenvalue weighted by Crippen LogP contribution is -2.44. The molecular formula is C15H22N4O. The molecule has 20 heavy (non-hydrogen) atoms. The van der Waals surface area contributed by atoms with E-state index in [9.17, 15) is 4.79 Å². The van der Waals surface area contributed by atoms with Gasteiger partial charge in [-0.25, -0.2) is 9.97 Å². The summed E-state index contributed by atoms with van der Waals surface area (Å²) in [5.74, 6) is 2.22. The topological polar surface area (TPSA) is 49.3 Å². The molecule has 1 amide bonds. The van der Waals surface area contributed by atoms with Crippen LogP contribution >= 0.6 is 0 Å². The summed E-state index contributed by atoms with van der Waals surface area (Å²) in [6, 6.07) is 1.94. The van der Waals surface area contributed by atoms with Crippen molar-refractivity contribution in [3.05, 3.63) is 18.1 Å². The molecule has 2 aliphatic rings. The van der Waals surface area contributed by atoms with Crippen LogP contribution in [-0.4, -0.2) is 47.0 Å². The van der Waals surface area contributed by atoms with Crippen molar-refractivity contribution in [3.63, 3.8) is 0 Å². The Labute approximate surface area is 120 Å². The van der Waals surface area contributed by atoms with Crippen molar-refractivity contribution < 1.29 is 4.79 Å². The lowest BCUT2D eigenvalue weighted by atomic mass is 9.96. The minimum Gasteiger partial charge on any atom is -0.356 e. The molecular weight excluding hydrogens is 252 g/mol. The maximum absolute atomic E-state index is 12.5. The van der Waals surface area contributed by atoms with E-state index in [0.29, 0.717) is 5.91 Å². The van der Waals surface area contributed by atoms with E-state index in [1.54, 1.807) is 6.20 Å².